The molecule has 2 aliphatic heterocycles. The molecule has 0 amide bonds. The van der Waals surface area contributed by atoms with E-state index in [4.69, 9.17) is 4.98 Å². The van der Waals surface area contributed by atoms with E-state index in [-0.39, 0.29) is 0 Å². The zero-order valence-corrected chi connectivity index (χ0v) is 15.7. The zero-order chi connectivity index (χ0) is 17.9. The minimum absolute atomic E-state index is 0.858. The van der Waals surface area contributed by atoms with Gasteiger partial charge in [-0.2, -0.15) is 0 Å². The maximum atomic E-state index is 4.71. The quantitative estimate of drug-likeness (QED) is 0.838. The Kier molecular flexibility index (Phi) is 4.86. The summed E-state index contributed by atoms with van der Waals surface area (Å²) in [6.07, 6.45) is 5.50. The number of aryl methyl sites for hydroxylation is 2. The van der Waals surface area contributed by atoms with E-state index in [1.807, 2.05) is 13.8 Å². The molecular formula is C19H27N7. The van der Waals surface area contributed by atoms with Crippen LogP contribution in [0.25, 0.3) is 0 Å². The van der Waals surface area contributed by atoms with Crippen molar-refractivity contribution in [3.8, 4) is 0 Å². The third-order valence-electron chi connectivity index (χ3n) is 5.21. The number of aromatic nitrogens is 4. The fourth-order valence-corrected chi connectivity index (χ4v) is 3.76. The van der Waals surface area contributed by atoms with Gasteiger partial charge in [0.2, 0.25) is 0 Å². The van der Waals surface area contributed by atoms with Gasteiger partial charge in [0.05, 0.1) is 0 Å². The highest BCUT2D eigenvalue weighted by atomic mass is 15.3. The molecule has 2 aliphatic rings. The van der Waals surface area contributed by atoms with Crippen LogP contribution in [0.3, 0.4) is 0 Å². The molecule has 0 bridgehead atoms. The van der Waals surface area contributed by atoms with E-state index in [9.17, 15) is 0 Å². The predicted octanol–water partition coefficient (Wildman–Crippen LogP) is 2.20. The van der Waals surface area contributed by atoms with Crippen molar-refractivity contribution in [2.45, 2.75) is 33.1 Å². The second-order valence-electron chi connectivity index (χ2n) is 7.17. The van der Waals surface area contributed by atoms with Crippen LogP contribution in [0.5, 0.6) is 0 Å². The molecule has 2 aromatic heterocycles. The Labute approximate surface area is 155 Å². The molecule has 0 atom stereocenters. The predicted molar refractivity (Wildman–Crippen MR) is 104 cm³/mol. The van der Waals surface area contributed by atoms with Crippen LogP contribution in [-0.4, -0.2) is 59.2 Å². The summed E-state index contributed by atoms with van der Waals surface area (Å²) in [5.41, 5.74) is 1.01. The van der Waals surface area contributed by atoms with Gasteiger partial charge >= 0.3 is 0 Å². The number of anilines is 3. The molecule has 7 nitrogen and oxygen atoms in total. The average molecular weight is 353 g/mol. The van der Waals surface area contributed by atoms with Crippen LogP contribution in [-0.2, 0) is 0 Å². The molecule has 26 heavy (non-hydrogen) atoms. The Balaban J connectivity index is 1.46. The van der Waals surface area contributed by atoms with Crippen LogP contribution >= 0.6 is 0 Å². The molecule has 0 aliphatic carbocycles. The first-order valence-corrected chi connectivity index (χ1v) is 9.58. The van der Waals surface area contributed by atoms with Crippen molar-refractivity contribution in [2.75, 3.05) is 54.0 Å². The summed E-state index contributed by atoms with van der Waals surface area (Å²) < 4.78 is 0. The molecule has 0 N–H and O–H groups in total. The second kappa shape index (κ2) is 7.43. The SMILES string of the molecule is Cc1cc(N2CCN(c3cc(N4CCCCC4)nc(C)n3)CC2)ncn1. The monoisotopic (exact) mass is 353 g/mol. The lowest BCUT2D eigenvalue weighted by Gasteiger charge is -2.36. The Bertz CT molecular complexity index is 749. The standard InChI is InChI=1S/C19H27N7/c1-15-12-17(21-14-20-15)25-8-10-26(11-9-25)19-13-18(22-16(2)23-19)24-6-4-3-5-7-24/h12-14H,3-11H2,1-2H3. The van der Waals surface area contributed by atoms with Crippen LogP contribution in [0.4, 0.5) is 17.5 Å². The van der Waals surface area contributed by atoms with Gasteiger partial charge in [-0.1, -0.05) is 0 Å². The van der Waals surface area contributed by atoms with Gasteiger partial charge in [0.15, 0.2) is 0 Å². The van der Waals surface area contributed by atoms with Crippen molar-refractivity contribution < 1.29 is 0 Å². The number of piperidine rings is 1. The molecule has 0 unspecified atom stereocenters. The van der Waals surface area contributed by atoms with E-state index >= 15 is 0 Å². The summed E-state index contributed by atoms with van der Waals surface area (Å²) in [6.45, 7) is 9.99. The highest BCUT2D eigenvalue weighted by molar-refractivity contribution is 5.52. The van der Waals surface area contributed by atoms with E-state index in [1.165, 1.54) is 19.3 Å². The number of rotatable bonds is 3. The van der Waals surface area contributed by atoms with Gasteiger partial charge in [-0.3, -0.25) is 0 Å². The normalized spacial score (nSPS) is 18.3. The van der Waals surface area contributed by atoms with Gasteiger partial charge in [0.1, 0.15) is 29.6 Å². The first kappa shape index (κ1) is 17.0. The van der Waals surface area contributed by atoms with Gasteiger partial charge < -0.3 is 14.7 Å². The van der Waals surface area contributed by atoms with Gasteiger partial charge in [0, 0.05) is 57.1 Å². The fourth-order valence-electron chi connectivity index (χ4n) is 3.76. The average Bonchev–Trinajstić information content (AvgIpc) is 2.68. The molecule has 2 fully saturated rings. The lowest BCUT2D eigenvalue weighted by Crippen LogP contribution is -2.47. The number of nitrogens with zero attached hydrogens (tertiary/aromatic N) is 7. The summed E-state index contributed by atoms with van der Waals surface area (Å²) in [6, 6.07) is 4.22. The van der Waals surface area contributed by atoms with Crippen molar-refractivity contribution in [1.29, 1.82) is 0 Å². The van der Waals surface area contributed by atoms with Crippen molar-refractivity contribution >= 4 is 17.5 Å². The number of hydrogen-bond acceptors (Lipinski definition) is 7. The molecule has 0 aromatic carbocycles. The molecule has 4 rings (SSSR count). The van der Waals surface area contributed by atoms with Gasteiger partial charge in [-0.05, 0) is 33.1 Å². The lowest BCUT2D eigenvalue weighted by atomic mass is 10.1. The minimum Gasteiger partial charge on any atom is -0.356 e. The first-order chi connectivity index (χ1) is 12.7. The smallest absolute Gasteiger partial charge is 0.134 e. The van der Waals surface area contributed by atoms with Crippen molar-refractivity contribution in [2.24, 2.45) is 0 Å². The Morgan fingerprint density at radius 2 is 1.23 bits per heavy atom. The Morgan fingerprint density at radius 1 is 0.654 bits per heavy atom. The molecule has 2 saturated heterocycles. The van der Waals surface area contributed by atoms with Crippen LogP contribution < -0.4 is 14.7 Å². The molecule has 0 radical (unpaired) electrons. The maximum Gasteiger partial charge on any atom is 0.134 e. The Morgan fingerprint density at radius 3 is 1.85 bits per heavy atom. The van der Waals surface area contributed by atoms with Crippen LogP contribution in [0.2, 0.25) is 0 Å². The second-order valence-corrected chi connectivity index (χ2v) is 7.17. The number of piperazine rings is 1. The summed E-state index contributed by atoms with van der Waals surface area (Å²) in [5, 5.41) is 0. The topological polar surface area (TPSA) is 61.3 Å². The molecule has 0 saturated carbocycles. The lowest BCUT2D eigenvalue weighted by molar-refractivity contribution is 0.572. The van der Waals surface area contributed by atoms with E-state index in [0.717, 1.165) is 68.2 Å². The zero-order valence-electron chi connectivity index (χ0n) is 15.7. The largest absolute Gasteiger partial charge is 0.356 e. The maximum absolute atomic E-state index is 4.71. The van der Waals surface area contributed by atoms with E-state index in [0.29, 0.717) is 0 Å². The molecule has 7 heteroatoms. The number of hydrogen-bond donors (Lipinski definition) is 0. The molecule has 2 aromatic rings. The summed E-state index contributed by atoms with van der Waals surface area (Å²) in [5.74, 6) is 4.01. The molecule has 4 heterocycles. The highest BCUT2D eigenvalue weighted by Crippen LogP contribution is 2.24. The summed E-state index contributed by atoms with van der Waals surface area (Å²) >= 11 is 0. The third kappa shape index (κ3) is 3.71. The van der Waals surface area contributed by atoms with Crippen molar-refractivity contribution in [1.82, 2.24) is 19.9 Å². The molecule has 0 spiro atoms. The van der Waals surface area contributed by atoms with Gasteiger partial charge in [-0.15, -0.1) is 0 Å². The minimum atomic E-state index is 0.858. The van der Waals surface area contributed by atoms with E-state index in [1.54, 1.807) is 6.33 Å². The van der Waals surface area contributed by atoms with Crippen molar-refractivity contribution in [3.63, 3.8) is 0 Å². The summed E-state index contributed by atoms with van der Waals surface area (Å²) in [7, 11) is 0. The fraction of sp³-hybridized carbons (Fsp3) is 0.579. The molecular weight excluding hydrogens is 326 g/mol. The van der Waals surface area contributed by atoms with E-state index in [2.05, 4.69) is 41.8 Å². The van der Waals surface area contributed by atoms with Crippen molar-refractivity contribution in [3.05, 3.63) is 30.0 Å². The van der Waals surface area contributed by atoms with Crippen LogP contribution in [0.15, 0.2) is 18.5 Å². The molecule has 138 valence electrons. The summed E-state index contributed by atoms with van der Waals surface area (Å²) in [4.78, 5) is 25.1. The third-order valence-corrected chi connectivity index (χ3v) is 5.21. The van der Waals surface area contributed by atoms with Gasteiger partial charge in [-0.25, -0.2) is 19.9 Å². The highest BCUT2D eigenvalue weighted by Gasteiger charge is 2.21. The van der Waals surface area contributed by atoms with Crippen LogP contribution in [0, 0.1) is 13.8 Å². The van der Waals surface area contributed by atoms with Crippen LogP contribution in [0.1, 0.15) is 30.8 Å². The Hall–Kier alpha value is -2.44. The van der Waals surface area contributed by atoms with E-state index < -0.39 is 0 Å². The van der Waals surface area contributed by atoms with Gasteiger partial charge in [0.25, 0.3) is 0 Å². The first-order valence-electron chi connectivity index (χ1n) is 9.58.